The third kappa shape index (κ3) is 1.94. The number of benzene rings is 1. The molecule has 1 unspecified atom stereocenters. The second-order valence-corrected chi connectivity index (χ2v) is 5.75. The summed E-state index contributed by atoms with van der Waals surface area (Å²) in [6.45, 7) is 2.98. The van der Waals surface area contributed by atoms with Crippen LogP contribution in [0.5, 0.6) is 0 Å². The van der Waals surface area contributed by atoms with Crippen LogP contribution in [-0.4, -0.2) is 12.5 Å². The van der Waals surface area contributed by atoms with E-state index in [0.717, 1.165) is 18.0 Å². The molecule has 0 radical (unpaired) electrons. The molecule has 1 aromatic carbocycles. The van der Waals surface area contributed by atoms with Crippen molar-refractivity contribution in [1.29, 1.82) is 0 Å². The molecule has 1 aliphatic heterocycles. The maximum Gasteiger partial charge on any atom is 0.251 e. The Kier molecular flexibility index (Phi) is 3.11. The Bertz CT molecular complexity index is 460. The van der Waals surface area contributed by atoms with Gasteiger partial charge in [-0.3, -0.25) is 4.79 Å². The van der Waals surface area contributed by atoms with Crippen molar-refractivity contribution < 1.29 is 4.79 Å². The Morgan fingerprint density at radius 1 is 1.17 bits per heavy atom. The summed E-state index contributed by atoms with van der Waals surface area (Å²) >= 11 is 0. The topological polar surface area (TPSA) is 29.1 Å². The first-order chi connectivity index (χ1) is 8.77. The second-order valence-electron chi connectivity index (χ2n) is 5.75. The summed E-state index contributed by atoms with van der Waals surface area (Å²) < 4.78 is 0. The third-order valence-electron chi connectivity index (χ3n) is 4.64. The molecule has 18 heavy (non-hydrogen) atoms. The Hall–Kier alpha value is -1.31. The van der Waals surface area contributed by atoms with Crippen LogP contribution in [0.4, 0.5) is 0 Å². The van der Waals surface area contributed by atoms with Gasteiger partial charge in [-0.1, -0.05) is 31.4 Å². The van der Waals surface area contributed by atoms with E-state index in [1.165, 1.54) is 43.2 Å². The predicted molar refractivity (Wildman–Crippen MR) is 72.8 cm³/mol. The fourth-order valence-electron chi connectivity index (χ4n) is 3.71. The van der Waals surface area contributed by atoms with Crippen LogP contribution >= 0.6 is 0 Å². The average molecular weight is 243 g/mol. The highest BCUT2D eigenvalue weighted by Gasteiger charge is 2.32. The van der Waals surface area contributed by atoms with E-state index in [9.17, 15) is 4.79 Å². The summed E-state index contributed by atoms with van der Waals surface area (Å²) in [4.78, 5) is 12.0. The molecule has 2 heteroatoms. The first kappa shape index (κ1) is 11.8. The van der Waals surface area contributed by atoms with E-state index in [0.29, 0.717) is 5.92 Å². The summed E-state index contributed by atoms with van der Waals surface area (Å²) in [7, 11) is 0. The highest BCUT2D eigenvalue weighted by molar-refractivity contribution is 5.97. The molecule has 0 aromatic heterocycles. The van der Waals surface area contributed by atoms with Gasteiger partial charge in [0, 0.05) is 18.0 Å². The van der Waals surface area contributed by atoms with Crippen LogP contribution in [0, 0.1) is 12.8 Å². The van der Waals surface area contributed by atoms with Gasteiger partial charge in [-0.2, -0.15) is 0 Å². The number of carbonyl (C=O) groups excluding carboxylic acids is 1. The van der Waals surface area contributed by atoms with Crippen LogP contribution < -0.4 is 5.32 Å². The molecule has 96 valence electrons. The van der Waals surface area contributed by atoms with E-state index >= 15 is 0 Å². The number of nitrogens with one attached hydrogen (secondary N) is 1. The first-order valence-electron chi connectivity index (χ1n) is 7.15. The smallest absolute Gasteiger partial charge is 0.251 e. The molecule has 1 atom stereocenters. The molecule has 2 nitrogen and oxygen atoms in total. The van der Waals surface area contributed by atoms with Crippen LogP contribution in [0.15, 0.2) is 18.2 Å². The van der Waals surface area contributed by atoms with Crippen LogP contribution in [0.1, 0.15) is 59.5 Å². The number of aryl methyl sites for hydroxylation is 1. The van der Waals surface area contributed by atoms with E-state index in [4.69, 9.17) is 0 Å². The van der Waals surface area contributed by atoms with Crippen molar-refractivity contribution in [2.75, 3.05) is 6.54 Å². The van der Waals surface area contributed by atoms with Gasteiger partial charge < -0.3 is 5.32 Å². The molecule has 3 rings (SSSR count). The molecule has 1 saturated carbocycles. The minimum atomic E-state index is 0.112. The van der Waals surface area contributed by atoms with Crippen molar-refractivity contribution in [3.63, 3.8) is 0 Å². The van der Waals surface area contributed by atoms with Gasteiger partial charge in [0.1, 0.15) is 0 Å². The maximum absolute atomic E-state index is 12.0. The van der Waals surface area contributed by atoms with Crippen molar-refractivity contribution >= 4 is 5.91 Å². The van der Waals surface area contributed by atoms with E-state index < -0.39 is 0 Å². The second kappa shape index (κ2) is 4.75. The lowest BCUT2D eigenvalue weighted by Gasteiger charge is -2.35. The summed E-state index contributed by atoms with van der Waals surface area (Å²) in [5.74, 6) is 1.42. The van der Waals surface area contributed by atoms with Gasteiger partial charge in [0.2, 0.25) is 0 Å². The van der Waals surface area contributed by atoms with Gasteiger partial charge >= 0.3 is 0 Å². The van der Waals surface area contributed by atoms with Gasteiger partial charge in [0.05, 0.1) is 0 Å². The van der Waals surface area contributed by atoms with Crippen LogP contribution in [-0.2, 0) is 0 Å². The first-order valence-corrected chi connectivity index (χ1v) is 7.15. The standard InChI is InChI=1S/C16H21NO/c1-11-6-5-9-13-15(11)14(10-17-16(13)18)12-7-3-2-4-8-12/h5-6,9,12,14H,2-4,7-8,10H2,1H3,(H,17,18). The van der Waals surface area contributed by atoms with E-state index in [1.54, 1.807) is 0 Å². The SMILES string of the molecule is Cc1cccc2c1C(C1CCCCC1)CNC2=O. The van der Waals surface area contributed by atoms with Crippen molar-refractivity contribution in [1.82, 2.24) is 5.32 Å². The summed E-state index contributed by atoms with van der Waals surface area (Å²) in [5, 5.41) is 3.07. The fraction of sp³-hybridized carbons (Fsp3) is 0.562. The van der Waals surface area contributed by atoms with Gasteiger partial charge in [0.15, 0.2) is 0 Å². The minimum Gasteiger partial charge on any atom is -0.351 e. The molecule has 1 N–H and O–H groups in total. The molecule has 1 fully saturated rings. The highest BCUT2D eigenvalue weighted by atomic mass is 16.1. The van der Waals surface area contributed by atoms with Gasteiger partial charge in [-0.15, -0.1) is 0 Å². The molecular formula is C16H21NO. The summed E-state index contributed by atoms with van der Waals surface area (Å²) in [6, 6.07) is 6.12. The number of fused-ring (bicyclic) bond motifs is 1. The molecule has 2 aliphatic rings. The molecule has 1 heterocycles. The highest BCUT2D eigenvalue weighted by Crippen LogP contribution is 2.39. The largest absolute Gasteiger partial charge is 0.351 e. The van der Waals surface area contributed by atoms with Crippen molar-refractivity contribution in [3.05, 3.63) is 34.9 Å². The van der Waals surface area contributed by atoms with E-state index in [-0.39, 0.29) is 5.91 Å². The zero-order chi connectivity index (χ0) is 12.5. The van der Waals surface area contributed by atoms with Crippen molar-refractivity contribution in [2.45, 2.75) is 44.9 Å². The third-order valence-corrected chi connectivity index (χ3v) is 4.64. The average Bonchev–Trinajstić information content (AvgIpc) is 2.41. The number of carbonyl (C=O) groups is 1. The normalized spacial score (nSPS) is 24.5. The molecule has 1 amide bonds. The van der Waals surface area contributed by atoms with Crippen molar-refractivity contribution in [3.8, 4) is 0 Å². The molecule has 0 saturated heterocycles. The van der Waals surface area contributed by atoms with E-state index in [1.807, 2.05) is 12.1 Å². The molecular weight excluding hydrogens is 222 g/mol. The quantitative estimate of drug-likeness (QED) is 0.804. The zero-order valence-electron chi connectivity index (χ0n) is 11.0. The number of hydrogen-bond acceptors (Lipinski definition) is 1. The monoisotopic (exact) mass is 243 g/mol. The predicted octanol–water partition coefficient (Wildman–Crippen LogP) is 3.40. The van der Waals surface area contributed by atoms with Crippen LogP contribution in [0.25, 0.3) is 0 Å². The van der Waals surface area contributed by atoms with Gasteiger partial charge in [-0.25, -0.2) is 0 Å². The number of amides is 1. The lowest BCUT2D eigenvalue weighted by molar-refractivity contribution is 0.0930. The lowest BCUT2D eigenvalue weighted by Crippen LogP contribution is -2.38. The fourth-order valence-corrected chi connectivity index (χ4v) is 3.71. The Morgan fingerprint density at radius 2 is 1.94 bits per heavy atom. The Labute approximate surface area is 109 Å². The van der Waals surface area contributed by atoms with Crippen molar-refractivity contribution in [2.24, 2.45) is 5.92 Å². The summed E-state index contributed by atoms with van der Waals surface area (Å²) in [5.41, 5.74) is 3.53. The minimum absolute atomic E-state index is 0.112. The number of rotatable bonds is 1. The van der Waals surface area contributed by atoms with Gasteiger partial charge in [0.25, 0.3) is 5.91 Å². The Balaban J connectivity index is 1.98. The van der Waals surface area contributed by atoms with Crippen LogP contribution in [0.2, 0.25) is 0 Å². The molecule has 1 aliphatic carbocycles. The molecule has 0 spiro atoms. The van der Waals surface area contributed by atoms with Crippen LogP contribution in [0.3, 0.4) is 0 Å². The molecule has 0 bridgehead atoms. The Morgan fingerprint density at radius 3 is 2.72 bits per heavy atom. The zero-order valence-corrected chi connectivity index (χ0v) is 11.0. The maximum atomic E-state index is 12.0. The van der Waals surface area contributed by atoms with Gasteiger partial charge in [-0.05, 0) is 42.9 Å². The molecule has 1 aromatic rings. The summed E-state index contributed by atoms with van der Waals surface area (Å²) in [6.07, 6.45) is 6.76. The van der Waals surface area contributed by atoms with E-state index in [2.05, 4.69) is 18.3 Å². The number of hydrogen-bond donors (Lipinski definition) is 1. The lowest BCUT2D eigenvalue weighted by atomic mass is 9.73.